The Morgan fingerprint density at radius 3 is 2.21 bits per heavy atom. The smallest absolute Gasteiger partial charge is 0.311 e. The van der Waals surface area contributed by atoms with Crippen LogP contribution in [0.1, 0.15) is 29.2 Å². The Balaban J connectivity index is 1.54. The maximum atomic E-state index is 12.4. The molecule has 2 aliphatic heterocycles. The van der Waals surface area contributed by atoms with Crippen molar-refractivity contribution in [3.05, 3.63) is 100 Å². The van der Waals surface area contributed by atoms with Gasteiger partial charge in [-0.1, -0.05) is 54.6 Å². The SMILES string of the molecule is COc1ccc(/C=C2\SC(=O)N=C2N2N=C(c3ccccc3)CC2c2ccc(OC)cc2)cc1. The standard InChI is InChI=1S/C27H23N3O3S/c1-32-21-12-8-18(9-13-21)16-25-26(28-27(31)34-25)30-24(20-10-14-22(33-2)15-11-20)17-23(29-30)19-6-4-3-5-7-19/h3-16,24H,17H2,1-2H3/b25-16-. The quantitative estimate of drug-likeness (QED) is 0.448. The normalized spacial score (nSPS) is 18.8. The minimum absolute atomic E-state index is 0.0920. The van der Waals surface area contributed by atoms with E-state index in [1.165, 1.54) is 0 Å². The Bertz CT molecular complexity index is 1280. The summed E-state index contributed by atoms with van der Waals surface area (Å²) >= 11 is 1.12. The summed E-state index contributed by atoms with van der Waals surface area (Å²) in [6, 6.07) is 25.7. The van der Waals surface area contributed by atoms with E-state index in [1.807, 2.05) is 77.8 Å². The average molecular weight is 470 g/mol. The topological polar surface area (TPSA) is 63.5 Å². The molecule has 0 bridgehead atoms. The molecule has 1 amide bonds. The van der Waals surface area contributed by atoms with E-state index in [0.717, 1.165) is 50.6 Å². The lowest BCUT2D eigenvalue weighted by Crippen LogP contribution is -2.26. The zero-order chi connectivity index (χ0) is 23.5. The minimum Gasteiger partial charge on any atom is -0.497 e. The Hall–Kier alpha value is -3.84. The number of aliphatic imine (C=N–C) groups is 1. The van der Waals surface area contributed by atoms with E-state index in [1.54, 1.807) is 14.2 Å². The van der Waals surface area contributed by atoms with Crippen LogP contribution in [0, 0.1) is 0 Å². The molecule has 0 aromatic heterocycles. The molecule has 2 heterocycles. The second-order valence-electron chi connectivity index (χ2n) is 7.84. The Morgan fingerprint density at radius 1 is 0.912 bits per heavy atom. The molecule has 6 nitrogen and oxygen atoms in total. The molecule has 0 saturated carbocycles. The number of amides is 1. The number of hydrazone groups is 1. The molecule has 0 saturated heterocycles. The summed E-state index contributed by atoms with van der Waals surface area (Å²) in [5.74, 6) is 2.14. The minimum atomic E-state index is -0.244. The highest BCUT2D eigenvalue weighted by molar-refractivity contribution is 8.18. The summed E-state index contributed by atoms with van der Waals surface area (Å²) in [5, 5.41) is 6.60. The van der Waals surface area contributed by atoms with Crippen molar-refractivity contribution in [2.45, 2.75) is 12.5 Å². The summed E-state index contributed by atoms with van der Waals surface area (Å²) in [5.41, 5.74) is 4.04. The number of carbonyl (C=O) groups is 1. The maximum Gasteiger partial charge on any atom is 0.311 e. The van der Waals surface area contributed by atoms with E-state index in [2.05, 4.69) is 17.1 Å². The van der Waals surface area contributed by atoms with Gasteiger partial charge in [-0.05, 0) is 58.8 Å². The molecule has 7 heteroatoms. The van der Waals surface area contributed by atoms with Crippen LogP contribution in [0.5, 0.6) is 11.5 Å². The van der Waals surface area contributed by atoms with E-state index in [4.69, 9.17) is 14.6 Å². The van der Waals surface area contributed by atoms with Gasteiger partial charge < -0.3 is 9.47 Å². The average Bonchev–Trinajstić information content (AvgIpc) is 3.48. The lowest BCUT2D eigenvalue weighted by Gasteiger charge is -2.24. The van der Waals surface area contributed by atoms with E-state index in [-0.39, 0.29) is 11.3 Å². The molecule has 0 N–H and O–H groups in total. The van der Waals surface area contributed by atoms with Crippen LogP contribution in [0.3, 0.4) is 0 Å². The zero-order valence-electron chi connectivity index (χ0n) is 18.8. The first-order valence-electron chi connectivity index (χ1n) is 10.9. The maximum absolute atomic E-state index is 12.4. The highest BCUT2D eigenvalue weighted by atomic mass is 32.2. The van der Waals surface area contributed by atoms with Crippen LogP contribution in [0.4, 0.5) is 4.79 Å². The van der Waals surface area contributed by atoms with E-state index >= 15 is 0 Å². The van der Waals surface area contributed by atoms with E-state index < -0.39 is 0 Å². The molecule has 34 heavy (non-hydrogen) atoms. The molecular weight excluding hydrogens is 446 g/mol. The van der Waals surface area contributed by atoms with Gasteiger partial charge in [-0.25, -0.2) is 5.01 Å². The van der Waals surface area contributed by atoms with Gasteiger partial charge in [0.15, 0.2) is 5.84 Å². The molecule has 0 fully saturated rings. The van der Waals surface area contributed by atoms with Gasteiger partial charge >= 0.3 is 5.24 Å². The number of thioether (sulfide) groups is 1. The summed E-state index contributed by atoms with van der Waals surface area (Å²) in [4.78, 5) is 17.5. The fourth-order valence-corrected chi connectivity index (χ4v) is 4.76. The Kier molecular flexibility index (Phi) is 6.18. The van der Waals surface area contributed by atoms with Gasteiger partial charge in [0.25, 0.3) is 0 Å². The number of nitrogens with zero attached hydrogens (tertiary/aromatic N) is 3. The summed E-state index contributed by atoms with van der Waals surface area (Å²) in [6.07, 6.45) is 2.67. The van der Waals surface area contributed by atoms with Crippen LogP contribution in [-0.4, -0.2) is 36.0 Å². The lowest BCUT2D eigenvalue weighted by atomic mass is 9.98. The predicted molar refractivity (Wildman–Crippen MR) is 137 cm³/mol. The van der Waals surface area contributed by atoms with Crippen molar-refractivity contribution in [3.8, 4) is 11.5 Å². The fourth-order valence-electron chi connectivity index (χ4n) is 4.01. The number of rotatable bonds is 5. The highest BCUT2D eigenvalue weighted by Crippen LogP contribution is 2.40. The van der Waals surface area contributed by atoms with Crippen molar-refractivity contribution in [2.75, 3.05) is 14.2 Å². The molecule has 2 aliphatic rings. The van der Waals surface area contributed by atoms with Gasteiger partial charge in [-0.3, -0.25) is 4.79 Å². The third-order valence-electron chi connectivity index (χ3n) is 5.76. The van der Waals surface area contributed by atoms with Crippen molar-refractivity contribution < 1.29 is 14.3 Å². The fraction of sp³-hybridized carbons (Fsp3) is 0.148. The van der Waals surface area contributed by atoms with Crippen LogP contribution in [0.2, 0.25) is 0 Å². The van der Waals surface area contributed by atoms with E-state index in [0.29, 0.717) is 12.3 Å². The molecule has 170 valence electrons. The van der Waals surface area contributed by atoms with Crippen molar-refractivity contribution in [3.63, 3.8) is 0 Å². The van der Waals surface area contributed by atoms with Crippen molar-refractivity contribution >= 4 is 34.6 Å². The molecule has 0 aliphatic carbocycles. The van der Waals surface area contributed by atoms with Crippen molar-refractivity contribution in [1.29, 1.82) is 0 Å². The Morgan fingerprint density at radius 2 is 1.56 bits per heavy atom. The van der Waals surface area contributed by atoms with Crippen LogP contribution in [0.15, 0.2) is 93.9 Å². The number of carbonyl (C=O) groups excluding carboxylic acids is 1. The van der Waals surface area contributed by atoms with Crippen LogP contribution < -0.4 is 9.47 Å². The molecular formula is C27H23N3O3S. The predicted octanol–water partition coefficient (Wildman–Crippen LogP) is 6.16. The van der Waals surface area contributed by atoms with Gasteiger partial charge in [0.05, 0.1) is 30.9 Å². The monoisotopic (exact) mass is 469 g/mol. The Labute approximate surface area is 202 Å². The number of ether oxygens (including phenoxy) is 2. The number of amidine groups is 1. The largest absolute Gasteiger partial charge is 0.497 e. The summed E-state index contributed by atoms with van der Waals surface area (Å²) in [6.45, 7) is 0. The zero-order valence-corrected chi connectivity index (χ0v) is 19.7. The van der Waals surface area contributed by atoms with Crippen molar-refractivity contribution in [2.24, 2.45) is 10.1 Å². The molecule has 5 rings (SSSR count). The first-order valence-corrected chi connectivity index (χ1v) is 11.7. The molecule has 1 unspecified atom stereocenters. The third kappa shape index (κ3) is 4.47. The second kappa shape index (κ2) is 9.57. The number of hydrogen-bond acceptors (Lipinski definition) is 6. The van der Waals surface area contributed by atoms with Gasteiger partial charge in [-0.15, -0.1) is 0 Å². The molecule has 3 aromatic rings. The van der Waals surface area contributed by atoms with E-state index in [9.17, 15) is 4.79 Å². The van der Waals surface area contributed by atoms with Gasteiger partial charge in [0.1, 0.15) is 11.5 Å². The van der Waals surface area contributed by atoms with Crippen LogP contribution in [-0.2, 0) is 0 Å². The highest BCUT2D eigenvalue weighted by Gasteiger charge is 2.36. The summed E-state index contributed by atoms with van der Waals surface area (Å²) < 4.78 is 10.6. The number of benzene rings is 3. The van der Waals surface area contributed by atoms with Gasteiger partial charge in [0.2, 0.25) is 0 Å². The van der Waals surface area contributed by atoms with Gasteiger partial charge in [0, 0.05) is 6.42 Å². The summed E-state index contributed by atoms with van der Waals surface area (Å²) in [7, 11) is 3.29. The molecule has 3 aromatic carbocycles. The molecule has 0 spiro atoms. The lowest BCUT2D eigenvalue weighted by molar-refractivity contribution is 0.267. The number of hydrogen-bond donors (Lipinski definition) is 0. The van der Waals surface area contributed by atoms with Crippen LogP contribution >= 0.6 is 11.8 Å². The third-order valence-corrected chi connectivity index (χ3v) is 6.55. The molecule has 1 atom stereocenters. The first kappa shape index (κ1) is 22.0. The molecule has 0 radical (unpaired) electrons. The number of methoxy groups -OCH3 is 2. The first-order chi connectivity index (χ1) is 16.6. The van der Waals surface area contributed by atoms with Crippen LogP contribution in [0.25, 0.3) is 6.08 Å². The van der Waals surface area contributed by atoms with Gasteiger partial charge in [-0.2, -0.15) is 10.1 Å². The second-order valence-corrected chi connectivity index (χ2v) is 8.83. The van der Waals surface area contributed by atoms with Crippen molar-refractivity contribution in [1.82, 2.24) is 5.01 Å².